The van der Waals surface area contributed by atoms with Crippen LogP contribution in [0.3, 0.4) is 0 Å². The molecule has 0 N–H and O–H groups in total. The molecule has 1 unspecified atom stereocenters. The van der Waals surface area contributed by atoms with Crippen LogP contribution in [-0.4, -0.2) is 28.9 Å². The van der Waals surface area contributed by atoms with Gasteiger partial charge in [0, 0.05) is 25.0 Å². The molecule has 0 bridgehead atoms. The van der Waals surface area contributed by atoms with Gasteiger partial charge in [0.05, 0.1) is 5.56 Å². The normalized spacial score (nSPS) is 17.2. The molecule has 0 radical (unpaired) electrons. The predicted octanol–water partition coefficient (Wildman–Crippen LogP) is 2.83. The van der Waals surface area contributed by atoms with Crippen LogP contribution in [0.15, 0.2) is 18.3 Å². The Kier molecular flexibility index (Phi) is 3.77. The fraction of sp³-hybridized carbons (Fsp3) is 0.571. The van der Waals surface area contributed by atoms with Gasteiger partial charge in [-0.25, -0.2) is 0 Å². The van der Waals surface area contributed by atoms with E-state index in [1.54, 1.807) is 6.20 Å². The fourth-order valence-corrected chi connectivity index (χ4v) is 2.14. The highest BCUT2D eigenvalue weighted by molar-refractivity contribution is 5.94. The molecule has 2 rings (SSSR count). The van der Waals surface area contributed by atoms with Crippen LogP contribution in [0.4, 0.5) is 0 Å². The molecule has 1 aliphatic rings. The van der Waals surface area contributed by atoms with Gasteiger partial charge in [-0.3, -0.25) is 9.78 Å². The Morgan fingerprint density at radius 1 is 1.41 bits per heavy atom. The molecular weight excluding hydrogens is 212 g/mol. The van der Waals surface area contributed by atoms with E-state index < -0.39 is 0 Å². The van der Waals surface area contributed by atoms with Gasteiger partial charge >= 0.3 is 0 Å². The van der Waals surface area contributed by atoms with Crippen molar-refractivity contribution in [3.05, 3.63) is 29.6 Å². The maximum absolute atomic E-state index is 12.1. The van der Waals surface area contributed by atoms with Gasteiger partial charge in [-0.2, -0.15) is 0 Å². The van der Waals surface area contributed by atoms with Crippen molar-refractivity contribution < 1.29 is 4.79 Å². The standard InChI is InChI=1S/C14H20N2O/c1-3-11(2)13-7-6-12(10-15-13)14(17)16-8-4-5-9-16/h6-7,10-11H,3-5,8-9H2,1-2H3. The van der Waals surface area contributed by atoms with Crippen molar-refractivity contribution in [2.75, 3.05) is 13.1 Å². The second kappa shape index (κ2) is 5.30. The summed E-state index contributed by atoms with van der Waals surface area (Å²) in [5.41, 5.74) is 1.80. The van der Waals surface area contributed by atoms with Gasteiger partial charge in [0.25, 0.3) is 5.91 Å². The summed E-state index contributed by atoms with van der Waals surface area (Å²) in [7, 11) is 0. The number of pyridine rings is 1. The van der Waals surface area contributed by atoms with Crippen LogP contribution in [0.2, 0.25) is 0 Å². The molecular formula is C14H20N2O. The first-order chi connectivity index (χ1) is 8.22. The molecule has 1 fully saturated rings. The van der Waals surface area contributed by atoms with E-state index in [4.69, 9.17) is 0 Å². The molecule has 3 nitrogen and oxygen atoms in total. The van der Waals surface area contributed by atoms with Gasteiger partial charge in [-0.1, -0.05) is 13.8 Å². The SMILES string of the molecule is CCC(C)c1ccc(C(=O)N2CCCC2)cn1. The molecule has 1 saturated heterocycles. The molecule has 1 aromatic heterocycles. The third-order valence-corrected chi connectivity index (χ3v) is 3.54. The summed E-state index contributed by atoms with van der Waals surface area (Å²) in [6.45, 7) is 6.10. The Balaban J connectivity index is 2.09. The summed E-state index contributed by atoms with van der Waals surface area (Å²) >= 11 is 0. The maximum atomic E-state index is 12.1. The largest absolute Gasteiger partial charge is 0.339 e. The third kappa shape index (κ3) is 2.65. The number of likely N-dealkylation sites (tertiary alicyclic amines) is 1. The minimum atomic E-state index is 0.130. The van der Waals surface area contributed by atoms with Crippen molar-refractivity contribution in [1.82, 2.24) is 9.88 Å². The second-order valence-corrected chi connectivity index (χ2v) is 4.78. The van der Waals surface area contributed by atoms with Crippen LogP contribution in [0.5, 0.6) is 0 Å². The summed E-state index contributed by atoms with van der Waals surface area (Å²) in [5, 5.41) is 0. The Hall–Kier alpha value is -1.38. The van der Waals surface area contributed by atoms with E-state index in [2.05, 4.69) is 18.8 Å². The zero-order valence-corrected chi connectivity index (χ0v) is 10.6. The van der Waals surface area contributed by atoms with E-state index in [0.29, 0.717) is 5.92 Å². The zero-order chi connectivity index (χ0) is 12.3. The van der Waals surface area contributed by atoms with E-state index >= 15 is 0 Å². The van der Waals surface area contributed by atoms with Gasteiger partial charge in [0.2, 0.25) is 0 Å². The number of nitrogens with zero attached hydrogens (tertiary/aromatic N) is 2. The van der Waals surface area contributed by atoms with Crippen molar-refractivity contribution in [3.63, 3.8) is 0 Å². The number of rotatable bonds is 3. The smallest absolute Gasteiger partial charge is 0.255 e. The summed E-state index contributed by atoms with van der Waals surface area (Å²) in [6, 6.07) is 3.90. The minimum absolute atomic E-state index is 0.130. The molecule has 0 saturated carbocycles. The van der Waals surface area contributed by atoms with E-state index in [9.17, 15) is 4.79 Å². The van der Waals surface area contributed by atoms with Crippen molar-refractivity contribution >= 4 is 5.91 Å². The topological polar surface area (TPSA) is 33.2 Å². The van der Waals surface area contributed by atoms with Gasteiger partial charge in [0.15, 0.2) is 0 Å². The first kappa shape index (κ1) is 12.1. The molecule has 1 atom stereocenters. The molecule has 3 heteroatoms. The van der Waals surface area contributed by atoms with Crippen LogP contribution in [0, 0.1) is 0 Å². The molecule has 0 spiro atoms. The van der Waals surface area contributed by atoms with Crippen molar-refractivity contribution in [3.8, 4) is 0 Å². The Morgan fingerprint density at radius 2 is 2.12 bits per heavy atom. The Morgan fingerprint density at radius 3 is 2.65 bits per heavy atom. The number of carbonyl (C=O) groups excluding carboxylic acids is 1. The number of hydrogen-bond donors (Lipinski definition) is 0. The molecule has 1 aliphatic heterocycles. The summed E-state index contributed by atoms with van der Waals surface area (Å²) in [6.07, 6.45) is 5.06. The molecule has 2 heterocycles. The minimum Gasteiger partial charge on any atom is -0.339 e. The first-order valence-electron chi connectivity index (χ1n) is 6.47. The lowest BCUT2D eigenvalue weighted by atomic mass is 10.0. The first-order valence-corrected chi connectivity index (χ1v) is 6.47. The monoisotopic (exact) mass is 232 g/mol. The molecule has 1 aromatic rings. The fourth-order valence-electron chi connectivity index (χ4n) is 2.14. The van der Waals surface area contributed by atoms with E-state index in [0.717, 1.165) is 43.6 Å². The predicted molar refractivity (Wildman–Crippen MR) is 68.1 cm³/mol. The molecule has 92 valence electrons. The van der Waals surface area contributed by atoms with E-state index in [-0.39, 0.29) is 5.91 Å². The van der Waals surface area contributed by atoms with Crippen molar-refractivity contribution in [1.29, 1.82) is 0 Å². The number of hydrogen-bond acceptors (Lipinski definition) is 2. The maximum Gasteiger partial charge on any atom is 0.255 e. The quantitative estimate of drug-likeness (QED) is 0.803. The molecule has 17 heavy (non-hydrogen) atoms. The lowest BCUT2D eigenvalue weighted by molar-refractivity contribution is 0.0792. The van der Waals surface area contributed by atoms with Crippen LogP contribution in [0.25, 0.3) is 0 Å². The summed E-state index contributed by atoms with van der Waals surface area (Å²) in [4.78, 5) is 18.4. The van der Waals surface area contributed by atoms with Gasteiger partial charge in [0.1, 0.15) is 0 Å². The number of amides is 1. The van der Waals surface area contributed by atoms with Crippen LogP contribution < -0.4 is 0 Å². The van der Waals surface area contributed by atoms with E-state index in [1.165, 1.54) is 0 Å². The summed E-state index contributed by atoms with van der Waals surface area (Å²) in [5.74, 6) is 0.594. The highest BCUT2D eigenvalue weighted by Crippen LogP contribution is 2.17. The van der Waals surface area contributed by atoms with E-state index in [1.807, 2.05) is 17.0 Å². The highest BCUT2D eigenvalue weighted by atomic mass is 16.2. The molecule has 0 aromatic carbocycles. The van der Waals surface area contributed by atoms with Gasteiger partial charge in [-0.15, -0.1) is 0 Å². The van der Waals surface area contributed by atoms with Crippen molar-refractivity contribution in [2.24, 2.45) is 0 Å². The van der Waals surface area contributed by atoms with Gasteiger partial charge in [-0.05, 0) is 37.3 Å². The summed E-state index contributed by atoms with van der Waals surface area (Å²) < 4.78 is 0. The zero-order valence-electron chi connectivity index (χ0n) is 10.6. The third-order valence-electron chi connectivity index (χ3n) is 3.54. The van der Waals surface area contributed by atoms with Crippen LogP contribution in [0.1, 0.15) is 55.1 Å². The van der Waals surface area contributed by atoms with Crippen molar-refractivity contribution in [2.45, 2.75) is 39.0 Å². The average Bonchev–Trinajstić information content (AvgIpc) is 2.91. The Labute approximate surface area is 103 Å². The number of aromatic nitrogens is 1. The lowest BCUT2D eigenvalue weighted by Gasteiger charge is -2.15. The molecule has 0 aliphatic carbocycles. The van der Waals surface area contributed by atoms with Crippen LogP contribution >= 0.6 is 0 Å². The highest BCUT2D eigenvalue weighted by Gasteiger charge is 2.19. The van der Waals surface area contributed by atoms with Crippen LogP contribution in [-0.2, 0) is 0 Å². The van der Waals surface area contributed by atoms with Gasteiger partial charge < -0.3 is 4.90 Å². The number of carbonyl (C=O) groups is 1. The lowest BCUT2D eigenvalue weighted by Crippen LogP contribution is -2.27. The second-order valence-electron chi connectivity index (χ2n) is 4.78. The Bertz CT molecular complexity index is 380. The molecule has 1 amide bonds. The average molecular weight is 232 g/mol.